The van der Waals surface area contributed by atoms with Gasteiger partial charge in [-0.15, -0.1) is 11.3 Å². The maximum Gasteiger partial charge on any atom is 0.246 e. The minimum absolute atomic E-state index is 0.243. The summed E-state index contributed by atoms with van der Waals surface area (Å²) in [6.07, 6.45) is 3.09. The first-order valence-corrected chi connectivity index (χ1v) is 8.33. The number of benzene rings is 1. The lowest BCUT2D eigenvalue weighted by atomic mass is 9.87. The fourth-order valence-corrected chi connectivity index (χ4v) is 3.65. The fraction of sp³-hybridized carbons (Fsp3) is 0.312. The van der Waals surface area contributed by atoms with E-state index in [-0.39, 0.29) is 5.91 Å². The van der Waals surface area contributed by atoms with Crippen LogP contribution in [-0.4, -0.2) is 10.9 Å². The van der Waals surface area contributed by atoms with Gasteiger partial charge in [-0.3, -0.25) is 4.79 Å². The number of hydrogen-bond acceptors (Lipinski definition) is 4. The van der Waals surface area contributed by atoms with Crippen LogP contribution >= 0.6 is 22.9 Å². The molecule has 0 unspecified atom stereocenters. The third-order valence-corrected chi connectivity index (χ3v) is 5.07. The molecule has 4 nitrogen and oxygen atoms in total. The van der Waals surface area contributed by atoms with Crippen LogP contribution in [0.3, 0.4) is 0 Å². The SMILES string of the molecule is N#CC1(C(=O)Nc2nc(-c3ccccc3Cl)cs2)CCCC1. The fourth-order valence-electron chi connectivity index (χ4n) is 2.71. The number of anilines is 1. The highest BCUT2D eigenvalue weighted by Gasteiger charge is 2.41. The first kappa shape index (κ1) is 15.0. The Morgan fingerprint density at radius 2 is 2.09 bits per heavy atom. The van der Waals surface area contributed by atoms with Crippen molar-refractivity contribution in [3.8, 4) is 17.3 Å². The largest absolute Gasteiger partial charge is 0.301 e. The lowest BCUT2D eigenvalue weighted by Crippen LogP contribution is -2.32. The molecule has 1 aromatic heterocycles. The molecule has 1 aliphatic carbocycles. The van der Waals surface area contributed by atoms with Crippen LogP contribution in [0.2, 0.25) is 5.02 Å². The topological polar surface area (TPSA) is 65.8 Å². The van der Waals surface area contributed by atoms with E-state index in [1.54, 1.807) is 6.07 Å². The van der Waals surface area contributed by atoms with E-state index in [0.29, 0.717) is 23.0 Å². The molecule has 0 aliphatic heterocycles. The summed E-state index contributed by atoms with van der Waals surface area (Å²) in [5, 5.41) is 15.1. The predicted molar refractivity (Wildman–Crippen MR) is 87.7 cm³/mol. The summed E-state index contributed by atoms with van der Waals surface area (Å²) < 4.78 is 0. The molecule has 22 heavy (non-hydrogen) atoms. The summed E-state index contributed by atoms with van der Waals surface area (Å²) in [4.78, 5) is 16.8. The molecule has 1 aliphatic rings. The number of amides is 1. The molecule has 0 spiro atoms. The molecule has 0 saturated heterocycles. The molecular weight excluding hydrogens is 318 g/mol. The number of nitriles is 1. The van der Waals surface area contributed by atoms with Crippen LogP contribution in [0, 0.1) is 16.7 Å². The Bertz CT molecular complexity index is 744. The quantitative estimate of drug-likeness (QED) is 0.901. The predicted octanol–water partition coefficient (Wildman–Crippen LogP) is 4.49. The minimum atomic E-state index is -0.893. The van der Waals surface area contributed by atoms with E-state index in [4.69, 9.17) is 11.6 Å². The molecule has 6 heteroatoms. The summed E-state index contributed by atoms with van der Waals surface area (Å²) >= 11 is 7.49. The first-order valence-electron chi connectivity index (χ1n) is 7.08. The summed E-state index contributed by atoms with van der Waals surface area (Å²) in [6, 6.07) is 9.63. The zero-order chi connectivity index (χ0) is 15.6. The highest BCUT2D eigenvalue weighted by Crippen LogP contribution is 2.39. The molecule has 0 atom stereocenters. The lowest BCUT2D eigenvalue weighted by molar-refractivity contribution is -0.122. The number of thiazole rings is 1. The van der Waals surface area contributed by atoms with Crippen molar-refractivity contribution in [3.05, 3.63) is 34.7 Å². The van der Waals surface area contributed by atoms with Crippen molar-refractivity contribution in [1.29, 1.82) is 5.26 Å². The molecule has 2 aromatic rings. The van der Waals surface area contributed by atoms with Crippen molar-refractivity contribution in [3.63, 3.8) is 0 Å². The third-order valence-electron chi connectivity index (χ3n) is 3.98. The van der Waals surface area contributed by atoms with Crippen LogP contribution in [0.1, 0.15) is 25.7 Å². The number of rotatable bonds is 3. The molecule has 1 aromatic carbocycles. The van der Waals surface area contributed by atoms with Gasteiger partial charge < -0.3 is 5.32 Å². The van der Waals surface area contributed by atoms with Gasteiger partial charge in [0, 0.05) is 16.0 Å². The van der Waals surface area contributed by atoms with E-state index in [1.165, 1.54) is 11.3 Å². The van der Waals surface area contributed by atoms with Crippen molar-refractivity contribution in [2.75, 3.05) is 5.32 Å². The Morgan fingerprint density at radius 3 is 2.77 bits per heavy atom. The monoisotopic (exact) mass is 331 g/mol. The Balaban J connectivity index is 1.79. The van der Waals surface area contributed by atoms with Crippen LogP contribution in [0.5, 0.6) is 0 Å². The second kappa shape index (κ2) is 6.07. The van der Waals surface area contributed by atoms with Crippen molar-refractivity contribution in [2.24, 2.45) is 5.41 Å². The Labute approximate surface area is 137 Å². The molecule has 3 rings (SSSR count). The van der Waals surface area contributed by atoms with E-state index >= 15 is 0 Å². The number of hydrogen-bond donors (Lipinski definition) is 1. The van der Waals surface area contributed by atoms with Gasteiger partial charge in [0.25, 0.3) is 0 Å². The zero-order valence-corrected chi connectivity index (χ0v) is 13.4. The summed E-state index contributed by atoms with van der Waals surface area (Å²) in [5.41, 5.74) is 0.663. The maximum atomic E-state index is 12.4. The van der Waals surface area contributed by atoms with E-state index in [9.17, 15) is 10.1 Å². The second-order valence-corrected chi connectivity index (χ2v) is 6.64. The number of carbonyl (C=O) groups excluding carboxylic acids is 1. The zero-order valence-electron chi connectivity index (χ0n) is 11.8. The molecule has 1 fully saturated rings. The summed E-state index contributed by atoms with van der Waals surface area (Å²) in [7, 11) is 0. The minimum Gasteiger partial charge on any atom is -0.301 e. The number of aromatic nitrogens is 1. The van der Waals surface area contributed by atoms with E-state index in [0.717, 1.165) is 24.1 Å². The standard InChI is InChI=1S/C16H14ClN3OS/c17-12-6-2-1-5-11(12)13-9-22-15(19-13)20-14(21)16(10-18)7-3-4-8-16/h1-2,5-6,9H,3-4,7-8H2,(H,19,20,21). The average molecular weight is 332 g/mol. The number of nitrogens with zero attached hydrogens (tertiary/aromatic N) is 2. The molecule has 1 N–H and O–H groups in total. The maximum absolute atomic E-state index is 12.4. The second-order valence-electron chi connectivity index (χ2n) is 5.37. The molecule has 0 radical (unpaired) electrons. The van der Waals surface area contributed by atoms with Crippen LogP contribution in [-0.2, 0) is 4.79 Å². The Kier molecular flexibility index (Phi) is 4.14. The molecule has 1 amide bonds. The van der Waals surface area contributed by atoms with Gasteiger partial charge in [-0.05, 0) is 18.9 Å². The smallest absolute Gasteiger partial charge is 0.246 e. The van der Waals surface area contributed by atoms with Crippen molar-refractivity contribution in [2.45, 2.75) is 25.7 Å². The van der Waals surface area contributed by atoms with Crippen LogP contribution in [0.25, 0.3) is 11.3 Å². The van der Waals surface area contributed by atoms with Crippen molar-refractivity contribution >= 4 is 34.0 Å². The van der Waals surface area contributed by atoms with Gasteiger partial charge in [0.05, 0.1) is 11.8 Å². The number of carbonyl (C=O) groups is 1. The molecular formula is C16H14ClN3OS. The van der Waals surface area contributed by atoms with E-state index in [1.807, 2.05) is 23.6 Å². The Morgan fingerprint density at radius 1 is 1.36 bits per heavy atom. The molecule has 1 saturated carbocycles. The highest BCUT2D eigenvalue weighted by atomic mass is 35.5. The van der Waals surface area contributed by atoms with Crippen LogP contribution < -0.4 is 5.32 Å². The molecule has 1 heterocycles. The Hall–Kier alpha value is -1.90. The summed E-state index contributed by atoms with van der Waals surface area (Å²) in [6.45, 7) is 0. The lowest BCUT2D eigenvalue weighted by Gasteiger charge is -2.17. The van der Waals surface area contributed by atoms with Crippen molar-refractivity contribution in [1.82, 2.24) is 4.98 Å². The van der Waals surface area contributed by atoms with Gasteiger partial charge >= 0.3 is 0 Å². The van der Waals surface area contributed by atoms with E-state index in [2.05, 4.69) is 16.4 Å². The molecule has 112 valence electrons. The third kappa shape index (κ3) is 2.72. The van der Waals surface area contributed by atoms with Gasteiger partial charge in [-0.25, -0.2) is 4.98 Å². The van der Waals surface area contributed by atoms with Gasteiger partial charge in [-0.1, -0.05) is 42.6 Å². The number of halogens is 1. The van der Waals surface area contributed by atoms with Crippen LogP contribution in [0.15, 0.2) is 29.6 Å². The first-order chi connectivity index (χ1) is 10.6. The molecule has 0 bridgehead atoms. The van der Waals surface area contributed by atoms with Crippen LogP contribution in [0.4, 0.5) is 5.13 Å². The van der Waals surface area contributed by atoms with Gasteiger partial charge in [0.15, 0.2) is 5.13 Å². The van der Waals surface area contributed by atoms with Gasteiger partial charge in [0.2, 0.25) is 5.91 Å². The van der Waals surface area contributed by atoms with Gasteiger partial charge in [0.1, 0.15) is 5.41 Å². The van der Waals surface area contributed by atoms with E-state index < -0.39 is 5.41 Å². The highest BCUT2D eigenvalue weighted by molar-refractivity contribution is 7.14. The normalized spacial score (nSPS) is 16.2. The van der Waals surface area contributed by atoms with Crippen molar-refractivity contribution < 1.29 is 4.79 Å². The average Bonchev–Trinajstić information content (AvgIpc) is 3.17. The summed E-state index contributed by atoms with van der Waals surface area (Å²) in [5.74, 6) is -0.243. The number of nitrogens with one attached hydrogen (secondary N) is 1. The van der Waals surface area contributed by atoms with Gasteiger partial charge in [-0.2, -0.15) is 5.26 Å².